The van der Waals surface area contributed by atoms with Gasteiger partial charge in [0.1, 0.15) is 11.0 Å². The predicted octanol–water partition coefficient (Wildman–Crippen LogP) is 5.77. The van der Waals surface area contributed by atoms with E-state index in [1.165, 1.54) is 32.0 Å². The monoisotopic (exact) mass is 623 g/mol. The second-order valence-electron chi connectivity index (χ2n) is 11.8. The number of rotatable bonds is 7. The number of nitrogens with zero attached hydrogens (tertiary/aromatic N) is 6. The molecule has 1 N–H and O–H groups in total. The van der Waals surface area contributed by atoms with Crippen LogP contribution in [0.4, 0.5) is 16.0 Å². The fourth-order valence-electron chi connectivity index (χ4n) is 6.42. The van der Waals surface area contributed by atoms with Crippen molar-refractivity contribution in [2.75, 3.05) is 57.7 Å². The van der Waals surface area contributed by atoms with E-state index in [-0.39, 0.29) is 16.9 Å². The smallest absolute Gasteiger partial charge is 0.253 e. The number of fused-ring (bicyclic) bond motifs is 3. The van der Waals surface area contributed by atoms with Gasteiger partial charge in [-0.2, -0.15) is 0 Å². The molecule has 8 nitrogen and oxygen atoms in total. The van der Waals surface area contributed by atoms with Crippen LogP contribution >= 0.6 is 11.6 Å². The lowest BCUT2D eigenvalue weighted by Crippen LogP contribution is -2.50. The summed E-state index contributed by atoms with van der Waals surface area (Å²) in [6.07, 6.45) is 10.4. The number of anilines is 2. The van der Waals surface area contributed by atoms with Crippen molar-refractivity contribution in [3.63, 3.8) is 0 Å². The third-order valence-corrected chi connectivity index (χ3v) is 9.16. The summed E-state index contributed by atoms with van der Waals surface area (Å²) in [6.45, 7) is 7.96. The molecule has 230 valence electrons. The molecule has 45 heavy (non-hydrogen) atoms. The molecule has 0 bridgehead atoms. The van der Waals surface area contributed by atoms with E-state index < -0.39 is 0 Å². The Balaban J connectivity index is 1.01. The topological polar surface area (TPSA) is 77.0 Å². The van der Waals surface area contributed by atoms with E-state index in [1.54, 1.807) is 36.7 Å². The van der Waals surface area contributed by atoms with Crippen molar-refractivity contribution in [2.45, 2.75) is 19.3 Å². The number of carbonyl (C=O) groups is 1. The number of hydrogen-bond donors (Lipinski definition) is 1. The predicted molar refractivity (Wildman–Crippen MR) is 177 cm³/mol. The number of amides is 1. The van der Waals surface area contributed by atoms with E-state index in [0.29, 0.717) is 34.8 Å². The normalized spacial score (nSPS) is 18.7. The van der Waals surface area contributed by atoms with E-state index >= 15 is 0 Å². The number of piperazine rings is 1. The molecule has 7 rings (SSSR count). The summed E-state index contributed by atoms with van der Waals surface area (Å²) in [5.41, 5.74) is 5.78. The number of aromatic nitrogens is 2. The van der Waals surface area contributed by atoms with E-state index in [4.69, 9.17) is 16.6 Å². The first-order valence-electron chi connectivity index (χ1n) is 15.6. The number of allylic oxidation sites excluding steroid dienone is 5. The Morgan fingerprint density at radius 2 is 1.62 bits per heavy atom. The Morgan fingerprint density at radius 1 is 0.889 bits per heavy atom. The first kappa shape index (κ1) is 29.5. The molecule has 0 unspecified atom stereocenters. The SMILES string of the molecule is O=C(c1ccc(Nc2ncc3c(n2)C2=CN=C(Cl)C=C(c4ccccc4F)C2=CC3)cc1)N1CCN(CCN2CCCC2)CC1. The highest BCUT2D eigenvalue weighted by atomic mass is 35.5. The summed E-state index contributed by atoms with van der Waals surface area (Å²) in [4.78, 5) is 33.9. The molecule has 2 fully saturated rings. The van der Waals surface area contributed by atoms with Gasteiger partial charge in [0.15, 0.2) is 0 Å². The zero-order valence-electron chi connectivity index (χ0n) is 25.1. The van der Waals surface area contributed by atoms with Crippen molar-refractivity contribution in [3.8, 4) is 0 Å². The Bertz CT molecular complexity index is 1720. The minimum absolute atomic E-state index is 0.0586. The largest absolute Gasteiger partial charge is 0.336 e. The maximum atomic E-state index is 14.8. The van der Waals surface area contributed by atoms with Crippen molar-refractivity contribution in [2.24, 2.45) is 4.99 Å². The van der Waals surface area contributed by atoms with E-state index in [9.17, 15) is 9.18 Å². The first-order valence-corrected chi connectivity index (χ1v) is 16.0. The van der Waals surface area contributed by atoms with Crippen molar-refractivity contribution in [3.05, 3.63) is 107 Å². The molecule has 3 aromatic rings. The molecular weight excluding hydrogens is 589 g/mol. The van der Waals surface area contributed by atoms with Crippen molar-refractivity contribution >= 4 is 45.5 Å². The van der Waals surface area contributed by atoms with Gasteiger partial charge in [-0.3, -0.25) is 9.69 Å². The average Bonchev–Trinajstić information content (AvgIpc) is 3.53. The van der Waals surface area contributed by atoms with Crippen LogP contribution in [0.15, 0.2) is 83.6 Å². The summed E-state index contributed by atoms with van der Waals surface area (Å²) in [5.74, 6) is 0.141. The maximum Gasteiger partial charge on any atom is 0.253 e. The third-order valence-electron chi connectivity index (χ3n) is 8.95. The molecule has 0 saturated carbocycles. The standard InChI is InChI=1S/C35H35ClFN7O/c36-32-21-29(28-5-1-2-6-31(28)37)27-12-9-25-22-39-35(41-33(25)30(27)23-38-32)40-26-10-7-24(8-11-26)34(45)44-19-17-43(18-20-44)16-15-42-13-3-4-14-42/h1-2,5-8,10-12,21-23H,3-4,9,13-20H2,(H,39,40,41). The minimum atomic E-state index is -0.330. The lowest BCUT2D eigenvalue weighted by Gasteiger charge is -2.35. The van der Waals surface area contributed by atoms with Gasteiger partial charge in [0.2, 0.25) is 5.95 Å². The van der Waals surface area contributed by atoms with Gasteiger partial charge in [0.25, 0.3) is 5.91 Å². The molecule has 0 atom stereocenters. The molecule has 2 aromatic carbocycles. The zero-order valence-corrected chi connectivity index (χ0v) is 25.8. The van der Waals surface area contributed by atoms with Gasteiger partial charge in [-0.05, 0) is 79.9 Å². The third kappa shape index (κ3) is 6.47. The van der Waals surface area contributed by atoms with Crippen LogP contribution in [-0.4, -0.2) is 88.1 Å². The fraction of sp³-hybridized carbons (Fsp3) is 0.314. The van der Waals surface area contributed by atoms with Crippen LogP contribution in [-0.2, 0) is 6.42 Å². The quantitative estimate of drug-likeness (QED) is 0.360. The molecule has 1 amide bonds. The first-order chi connectivity index (χ1) is 22.0. The number of benzene rings is 2. The lowest BCUT2D eigenvalue weighted by molar-refractivity contribution is 0.0626. The molecular formula is C35H35ClFN7O. The van der Waals surface area contributed by atoms with Gasteiger partial charge in [0, 0.05) is 79.6 Å². The summed E-state index contributed by atoms with van der Waals surface area (Å²) in [6, 6.07) is 14.1. The number of halogens is 2. The second kappa shape index (κ2) is 13.0. The summed E-state index contributed by atoms with van der Waals surface area (Å²) < 4.78 is 14.8. The second-order valence-corrected chi connectivity index (χ2v) is 12.2. The van der Waals surface area contributed by atoms with Gasteiger partial charge < -0.3 is 15.1 Å². The van der Waals surface area contributed by atoms with Gasteiger partial charge >= 0.3 is 0 Å². The molecule has 1 aromatic heterocycles. The summed E-state index contributed by atoms with van der Waals surface area (Å²) in [7, 11) is 0. The Morgan fingerprint density at radius 3 is 2.38 bits per heavy atom. The number of likely N-dealkylation sites (tertiary alicyclic amines) is 1. The highest BCUT2D eigenvalue weighted by Gasteiger charge is 2.26. The van der Waals surface area contributed by atoms with Crippen molar-refractivity contribution < 1.29 is 9.18 Å². The minimum Gasteiger partial charge on any atom is -0.336 e. The van der Waals surface area contributed by atoms with Crippen LogP contribution in [0.5, 0.6) is 0 Å². The number of nitrogens with one attached hydrogen (secondary N) is 1. The highest BCUT2D eigenvalue weighted by molar-refractivity contribution is 6.69. The van der Waals surface area contributed by atoms with Gasteiger partial charge in [-0.1, -0.05) is 35.9 Å². The maximum absolute atomic E-state index is 14.8. The van der Waals surface area contributed by atoms with Gasteiger partial charge in [-0.15, -0.1) is 0 Å². The van der Waals surface area contributed by atoms with Crippen molar-refractivity contribution in [1.29, 1.82) is 0 Å². The lowest BCUT2D eigenvalue weighted by atomic mass is 9.85. The van der Waals surface area contributed by atoms with Gasteiger partial charge in [0.05, 0.1) is 5.69 Å². The Labute approximate surface area is 267 Å². The molecule has 10 heteroatoms. The molecule has 3 aliphatic heterocycles. The van der Waals surface area contributed by atoms with Crippen molar-refractivity contribution in [1.82, 2.24) is 24.7 Å². The van der Waals surface area contributed by atoms with Gasteiger partial charge in [-0.25, -0.2) is 19.4 Å². The molecule has 1 aliphatic carbocycles. The average molecular weight is 624 g/mol. The van der Waals surface area contributed by atoms with E-state index in [2.05, 4.69) is 25.1 Å². The van der Waals surface area contributed by atoms with Crippen LogP contribution in [0.3, 0.4) is 0 Å². The van der Waals surface area contributed by atoms with Crippen LogP contribution in [0.25, 0.3) is 11.1 Å². The number of carbonyl (C=O) groups excluding carboxylic acids is 1. The number of hydrogen-bond acceptors (Lipinski definition) is 7. The van der Waals surface area contributed by atoms with Crippen LogP contribution in [0.2, 0.25) is 0 Å². The highest BCUT2D eigenvalue weighted by Crippen LogP contribution is 2.41. The van der Waals surface area contributed by atoms with E-state index in [1.807, 2.05) is 35.2 Å². The van der Waals surface area contributed by atoms with Crippen LogP contribution < -0.4 is 5.32 Å². The Kier molecular flexibility index (Phi) is 8.56. The zero-order chi connectivity index (χ0) is 30.8. The summed E-state index contributed by atoms with van der Waals surface area (Å²) >= 11 is 6.38. The van der Waals surface area contributed by atoms with Crippen LogP contribution in [0.1, 0.15) is 40.0 Å². The molecule has 4 heterocycles. The van der Waals surface area contributed by atoms with E-state index in [0.717, 1.165) is 61.7 Å². The molecule has 4 aliphatic rings. The molecule has 2 saturated heterocycles. The summed E-state index contributed by atoms with van der Waals surface area (Å²) in [5, 5.41) is 3.54. The molecule has 0 spiro atoms. The number of aliphatic imine (C=N–C) groups is 1. The molecule has 0 radical (unpaired) electrons. The van der Waals surface area contributed by atoms with Crippen LogP contribution in [0, 0.1) is 5.82 Å². The Hall–Kier alpha value is -4.18. The fourth-order valence-corrected chi connectivity index (χ4v) is 6.58.